The van der Waals surface area contributed by atoms with Gasteiger partial charge in [-0.1, -0.05) is 18.2 Å². The average Bonchev–Trinajstić information content (AvgIpc) is 3.26. The molecule has 2 N–H and O–H groups in total. The van der Waals surface area contributed by atoms with Crippen LogP contribution < -0.4 is 5.73 Å². The maximum atomic E-state index is 12.0. The third-order valence-corrected chi connectivity index (χ3v) is 6.73. The molecule has 1 aliphatic heterocycles. The first-order valence-electron chi connectivity index (χ1n) is 10.9. The molecule has 0 atom stereocenters. The molecule has 3 aromatic heterocycles. The highest BCUT2D eigenvalue weighted by Gasteiger charge is 2.24. The van der Waals surface area contributed by atoms with Crippen LogP contribution in [0.4, 0.5) is 10.6 Å². The first-order chi connectivity index (χ1) is 16.0. The van der Waals surface area contributed by atoms with Gasteiger partial charge in [-0.15, -0.1) is 0 Å². The molecule has 0 saturated carbocycles. The Labute approximate surface area is 199 Å². The number of fused-ring (bicyclic) bond motifs is 2. The van der Waals surface area contributed by atoms with Gasteiger partial charge in [0.2, 0.25) is 0 Å². The van der Waals surface area contributed by atoms with Crippen molar-refractivity contribution >= 4 is 44.4 Å². The van der Waals surface area contributed by atoms with E-state index in [0.29, 0.717) is 37.7 Å². The number of hydrogen-bond donors (Lipinski definition) is 1. The van der Waals surface area contributed by atoms with Crippen molar-refractivity contribution in [2.24, 2.45) is 0 Å². The molecule has 1 aliphatic rings. The van der Waals surface area contributed by atoms with Crippen LogP contribution in [0.2, 0.25) is 0 Å². The minimum Gasteiger partial charge on any atom is -0.450 e. The van der Waals surface area contributed by atoms with E-state index in [2.05, 4.69) is 37.0 Å². The molecule has 1 fully saturated rings. The van der Waals surface area contributed by atoms with Crippen LogP contribution in [0, 0.1) is 0 Å². The Kier molecular flexibility index (Phi) is 5.86. The van der Waals surface area contributed by atoms with Crippen LogP contribution in [-0.4, -0.2) is 68.3 Å². The summed E-state index contributed by atoms with van der Waals surface area (Å²) in [5.41, 5.74) is 10.7. The number of hydrogen-bond acceptors (Lipinski definition) is 7. The zero-order valence-electron chi connectivity index (χ0n) is 18.2. The molecule has 1 saturated heterocycles. The van der Waals surface area contributed by atoms with E-state index in [-0.39, 0.29) is 6.09 Å². The Bertz CT molecular complexity index is 1330. The number of carbonyl (C=O) groups excluding carboxylic acids is 1. The molecule has 1 amide bonds. The van der Waals surface area contributed by atoms with Gasteiger partial charge < -0.3 is 15.4 Å². The predicted molar refractivity (Wildman–Crippen MR) is 130 cm³/mol. The number of piperazine rings is 1. The van der Waals surface area contributed by atoms with Crippen molar-refractivity contribution in [3.8, 4) is 11.1 Å². The Morgan fingerprint density at radius 1 is 1.18 bits per heavy atom. The molecule has 1 aromatic carbocycles. The molecule has 5 rings (SSSR count). The third-order valence-electron chi connectivity index (χ3n) is 5.86. The van der Waals surface area contributed by atoms with Gasteiger partial charge in [0.05, 0.1) is 28.5 Å². The quantitative estimate of drug-likeness (QED) is 0.448. The Hall–Kier alpha value is -3.24. The van der Waals surface area contributed by atoms with Crippen LogP contribution in [0.1, 0.15) is 12.6 Å². The van der Waals surface area contributed by atoms with Crippen LogP contribution in [0.3, 0.4) is 0 Å². The summed E-state index contributed by atoms with van der Waals surface area (Å²) in [6.45, 7) is 5.52. The summed E-state index contributed by atoms with van der Waals surface area (Å²) < 4.78 is 7.49. The number of nitrogen functional groups attached to an aromatic ring is 1. The van der Waals surface area contributed by atoms with E-state index in [9.17, 15) is 4.79 Å². The molecule has 0 aliphatic carbocycles. The molecule has 33 heavy (non-hydrogen) atoms. The van der Waals surface area contributed by atoms with Crippen LogP contribution in [0.15, 0.2) is 47.2 Å². The van der Waals surface area contributed by atoms with Gasteiger partial charge in [0, 0.05) is 55.4 Å². The highest BCUT2D eigenvalue weighted by atomic mass is 79.9. The lowest BCUT2D eigenvalue weighted by Gasteiger charge is -2.33. The first kappa shape index (κ1) is 21.6. The second-order valence-corrected chi connectivity index (χ2v) is 8.72. The highest BCUT2D eigenvalue weighted by molar-refractivity contribution is 9.10. The summed E-state index contributed by atoms with van der Waals surface area (Å²) in [4.78, 5) is 25.5. The molecule has 0 bridgehead atoms. The Balaban J connectivity index is 1.43. The topological polar surface area (TPSA) is 102 Å². The van der Waals surface area contributed by atoms with E-state index in [1.807, 2.05) is 37.4 Å². The fourth-order valence-corrected chi connectivity index (χ4v) is 4.47. The number of ether oxygens (including phenoxy) is 1. The fourth-order valence-electron chi connectivity index (χ4n) is 4.09. The van der Waals surface area contributed by atoms with Gasteiger partial charge in [0.1, 0.15) is 5.82 Å². The van der Waals surface area contributed by atoms with E-state index in [1.165, 1.54) is 0 Å². The second kappa shape index (κ2) is 8.95. The summed E-state index contributed by atoms with van der Waals surface area (Å²) in [5, 5.41) is 5.52. The van der Waals surface area contributed by atoms with Crippen LogP contribution in [0.25, 0.3) is 27.7 Å². The standard InChI is InChI=1S/C23H24BrN7O2/c1-2-33-23(32)30-9-7-29(8-10-30)14-19-20(24)21(25)31-22(28-19)17(13-27-31)16-11-15-5-3-4-6-18(15)26-12-16/h3-6,11-13H,2,7-10,14,25H2,1H3. The van der Waals surface area contributed by atoms with Gasteiger partial charge in [-0.3, -0.25) is 9.88 Å². The summed E-state index contributed by atoms with van der Waals surface area (Å²) in [6, 6.07) is 10.1. The molecule has 10 heteroatoms. The minimum atomic E-state index is -0.255. The zero-order chi connectivity index (χ0) is 22.9. The van der Waals surface area contributed by atoms with Gasteiger partial charge in [-0.25, -0.2) is 9.78 Å². The molecule has 4 aromatic rings. The van der Waals surface area contributed by atoms with Crippen molar-refractivity contribution in [1.82, 2.24) is 29.4 Å². The van der Waals surface area contributed by atoms with Crippen molar-refractivity contribution < 1.29 is 9.53 Å². The van der Waals surface area contributed by atoms with Gasteiger partial charge >= 0.3 is 6.09 Å². The number of aromatic nitrogens is 4. The lowest BCUT2D eigenvalue weighted by atomic mass is 10.1. The molecule has 0 spiro atoms. The molecular formula is C23H24BrN7O2. The number of carbonyl (C=O) groups is 1. The van der Waals surface area contributed by atoms with Crippen LogP contribution in [-0.2, 0) is 11.3 Å². The summed E-state index contributed by atoms with van der Waals surface area (Å²) >= 11 is 3.61. The van der Waals surface area contributed by atoms with Crippen molar-refractivity contribution in [2.45, 2.75) is 13.5 Å². The number of benzene rings is 1. The first-order valence-corrected chi connectivity index (χ1v) is 11.6. The van der Waals surface area contributed by atoms with Crippen LogP contribution in [0.5, 0.6) is 0 Å². The predicted octanol–water partition coefficient (Wildman–Crippen LogP) is 3.56. The van der Waals surface area contributed by atoms with E-state index in [0.717, 1.165) is 45.3 Å². The van der Waals surface area contributed by atoms with E-state index in [4.69, 9.17) is 15.5 Å². The molecule has 4 heterocycles. The molecule has 0 unspecified atom stereocenters. The number of rotatable bonds is 4. The van der Waals surface area contributed by atoms with Gasteiger partial charge in [-0.05, 0) is 35.0 Å². The summed E-state index contributed by atoms with van der Waals surface area (Å²) in [6.07, 6.45) is 3.36. The summed E-state index contributed by atoms with van der Waals surface area (Å²) in [7, 11) is 0. The van der Waals surface area contributed by atoms with Crippen LogP contribution >= 0.6 is 15.9 Å². The van der Waals surface area contributed by atoms with Crippen molar-refractivity contribution in [1.29, 1.82) is 0 Å². The van der Waals surface area contributed by atoms with E-state index < -0.39 is 0 Å². The number of amides is 1. The zero-order valence-corrected chi connectivity index (χ0v) is 19.8. The van der Waals surface area contributed by atoms with E-state index >= 15 is 0 Å². The SMILES string of the molecule is CCOC(=O)N1CCN(Cc2nc3c(-c4cnc5ccccc5c4)cnn3c(N)c2Br)CC1. The van der Waals surface area contributed by atoms with Crippen molar-refractivity contribution in [3.63, 3.8) is 0 Å². The van der Waals surface area contributed by atoms with Crippen molar-refractivity contribution in [2.75, 3.05) is 38.5 Å². The number of pyridine rings is 1. The molecule has 0 radical (unpaired) electrons. The Morgan fingerprint density at radius 2 is 1.97 bits per heavy atom. The molecule has 9 nitrogen and oxygen atoms in total. The number of para-hydroxylation sites is 1. The van der Waals surface area contributed by atoms with Gasteiger partial charge in [0.15, 0.2) is 5.65 Å². The van der Waals surface area contributed by atoms with Gasteiger partial charge in [0.25, 0.3) is 0 Å². The largest absolute Gasteiger partial charge is 0.450 e. The normalized spacial score (nSPS) is 14.8. The second-order valence-electron chi connectivity index (χ2n) is 7.93. The number of nitrogens with zero attached hydrogens (tertiary/aromatic N) is 6. The van der Waals surface area contributed by atoms with E-state index in [1.54, 1.807) is 15.6 Å². The minimum absolute atomic E-state index is 0.255. The maximum absolute atomic E-state index is 12.0. The third kappa shape index (κ3) is 4.11. The van der Waals surface area contributed by atoms with Crippen molar-refractivity contribution in [3.05, 3.63) is 52.9 Å². The number of halogens is 1. The molecule has 170 valence electrons. The number of anilines is 1. The number of nitrogens with two attached hydrogens (primary N) is 1. The maximum Gasteiger partial charge on any atom is 0.409 e. The average molecular weight is 510 g/mol. The highest BCUT2D eigenvalue weighted by Crippen LogP contribution is 2.31. The smallest absolute Gasteiger partial charge is 0.409 e. The lowest BCUT2D eigenvalue weighted by Crippen LogP contribution is -2.48. The Morgan fingerprint density at radius 3 is 2.76 bits per heavy atom. The summed E-state index contributed by atoms with van der Waals surface area (Å²) in [5.74, 6) is 0.500. The molecular weight excluding hydrogens is 486 g/mol. The lowest BCUT2D eigenvalue weighted by molar-refractivity contribution is 0.0775. The fraction of sp³-hybridized carbons (Fsp3) is 0.304. The monoisotopic (exact) mass is 509 g/mol. The van der Waals surface area contributed by atoms with Gasteiger partial charge in [-0.2, -0.15) is 9.61 Å².